The molecule has 29 heavy (non-hydrogen) atoms. The Bertz CT molecular complexity index is 795. The maximum Gasteiger partial charge on any atom is 0.409 e. The van der Waals surface area contributed by atoms with E-state index in [-0.39, 0.29) is 29.8 Å². The lowest BCUT2D eigenvalue weighted by Crippen LogP contribution is -2.49. The zero-order valence-corrected chi connectivity index (χ0v) is 16.7. The third kappa shape index (κ3) is 3.70. The Morgan fingerprint density at radius 3 is 2.69 bits per heavy atom. The number of alkyl halides is 1. The van der Waals surface area contributed by atoms with Crippen molar-refractivity contribution in [1.29, 1.82) is 0 Å². The Balaban J connectivity index is 1.42. The number of rotatable bonds is 3. The molecule has 2 amide bonds. The second kappa shape index (κ2) is 7.89. The fourth-order valence-corrected chi connectivity index (χ4v) is 5.09. The fraction of sp³-hybridized carbons (Fsp3) is 0.619. The van der Waals surface area contributed by atoms with E-state index in [0.29, 0.717) is 19.6 Å². The minimum Gasteiger partial charge on any atom is -0.447 e. The van der Waals surface area contributed by atoms with Crippen molar-refractivity contribution in [2.75, 3.05) is 50.9 Å². The number of piperidine rings is 1. The minimum absolute atomic E-state index is 0.0182. The zero-order chi connectivity index (χ0) is 20.6. The van der Waals surface area contributed by atoms with Gasteiger partial charge in [-0.3, -0.25) is 9.69 Å². The highest BCUT2D eigenvalue weighted by atomic mass is 19.1. The second-order valence-electron chi connectivity index (χ2n) is 8.27. The number of carbonyl (C=O) groups excluding carboxylic acids is 2. The maximum absolute atomic E-state index is 14.0. The van der Waals surface area contributed by atoms with Crippen molar-refractivity contribution in [3.63, 3.8) is 0 Å². The highest BCUT2D eigenvalue weighted by Crippen LogP contribution is 2.47. The van der Waals surface area contributed by atoms with Crippen molar-refractivity contribution in [2.45, 2.75) is 37.6 Å². The van der Waals surface area contributed by atoms with Gasteiger partial charge in [-0.15, -0.1) is 0 Å². The molecule has 6 nitrogen and oxygen atoms in total. The van der Waals surface area contributed by atoms with E-state index in [9.17, 15) is 18.4 Å². The SMILES string of the molecule is CC(=O)N1CC2(CCN(C3CCN(C(=O)OCCF)C3)CC2)c2cc(F)ccc21. The number of halogens is 2. The summed E-state index contributed by atoms with van der Waals surface area (Å²) in [4.78, 5) is 29.9. The minimum atomic E-state index is -0.670. The summed E-state index contributed by atoms with van der Waals surface area (Å²) in [6, 6.07) is 4.97. The van der Waals surface area contributed by atoms with Crippen molar-refractivity contribution >= 4 is 17.7 Å². The molecule has 1 atom stereocenters. The smallest absolute Gasteiger partial charge is 0.409 e. The molecule has 0 N–H and O–H groups in total. The van der Waals surface area contributed by atoms with Gasteiger partial charge in [0.05, 0.1) is 0 Å². The number of likely N-dealkylation sites (tertiary alicyclic amines) is 2. The van der Waals surface area contributed by atoms with Gasteiger partial charge >= 0.3 is 6.09 Å². The first-order chi connectivity index (χ1) is 13.9. The van der Waals surface area contributed by atoms with E-state index in [2.05, 4.69) is 4.90 Å². The van der Waals surface area contributed by atoms with Crippen LogP contribution in [0, 0.1) is 5.82 Å². The third-order valence-corrected chi connectivity index (χ3v) is 6.66. The van der Waals surface area contributed by atoms with Crippen molar-refractivity contribution in [3.05, 3.63) is 29.6 Å². The summed E-state index contributed by atoms with van der Waals surface area (Å²) in [5.41, 5.74) is 1.56. The summed E-state index contributed by atoms with van der Waals surface area (Å²) in [5.74, 6) is -0.287. The Labute approximate surface area is 169 Å². The predicted molar refractivity (Wildman–Crippen MR) is 104 cm³/mol. The number of ether oxygens (including phenoxy) is 1. The number of nitrogens with zero attached hydrogens (tertiary/aromatic N) is 3. The van der Waals surface area contributed by atoms with Crippen molar-refractivity contribution in [1.82, 2.24) is 9.80 Å². The number of hydrogen-bond donors (Lipinski definition) is 0. The third-order valence-electron chi connectivity index (χ3n) is 6.66. The number of anilines is 1. The van der Waals surface area contributed by atoms with Gasteiger partial charge in [0.2, 0.25) is 5.91 Å². The van der Waals surface area contributed by atoms with E-state index in [1.807, 2.05) is 0 Å². The molecule has 1 aromatic carbocycles. The second-order valence-corrected chi connectivity index (χ2v) is 8.27. The van der Waals surface area contributed by atoms with Crippen LogP contribution in [0.1, 0.15) is 31.7 Å². The molecule has 1 aromatic rings. The van der Waals surface area contributed by atoms with Crippen LogP contribution >= 0.6 is 0 Å². The lowest BCUT2D eigenvalue weighted by molar-refractivity contribution is -0.116. The topological polar surface area (TPSA) is 53.1 Å². The average Bonchev–Trinajstić information content (AvgIpc) is 3.31. The molecule has 3 aliphatic rings. The first-order valence-electron chi connectivity index (χ1n) is 10.2. The van der Waals surface area contributed by atoms with Gasteiger partial charge in [-0.25, -0.2) is 13.6 Å². The molecule has 3 heterocycles. The number of fused-ring (bicyclic) bond motifs is 2. The number of hydrogen-bond acceptors (Lipinski definition) is 4. The number of benzene rings is 1. The first kappa shape index (κ1) is 20.1. The van der Waals surface area contributed by atoms with Gasteiger partial charge in [-0.2, -0.15) is 0 Å². The van der Waals surface area contributed by atoms with E-state index in [1.54, 1.807) is 28.9 Å². The summed E-state index contributed by atoms with van der Waals surface area (Å²) in [5, 5.41) is 0. The molecule has 0 aliphatic carbocycles. The van der Waals surface area contributed by atoms with Crippen LogP contribution < -0.4 is 4.90 Å². The van der Waals surface area contributed by atoms with Gasteiger partial charge in [0.1, 0.15) is 19.1 Å². The summed E-state index contributed by atoms with van der Waals surface area (Å²) < 4.78 is 31.1. The van der Waals surface area contributed by atoms with Gasteiger partial charge in [-0.1, -0.05) is 0 Å². The fourth-order valence-electron chi connectivity index (χ4n) is 5.09. The Hall–Kier alpha value is -2.22. The van der Waals surface area contributed by atoms with Crippen LogP contribution in [0.5, 0.6) is 0 Å². The summed E-state index contributed by atoms with van der Waals surface area (Å²) in [6.45, 7) is 4.15. The largest absolute Gasteiger partial charge is 0.447 e. The lowest BCUT2D eigenvalue weighted by Gasteiger charge is -2.42. The molecule has 4 rings (SSSR count). The van der Waals surface area contributed by atoms with Crippen LogP contribution in [0.4, 0.5) is 19.3 Å². The predicted octanol–water partition coefficient (Wildman–Crippen LogP) is 2.71. The maximum atomic E-state index is 14.0. The summed E-state index contributed by atoms with van der Waals surface area (Å²) in [7, 11) is 0. The van der Waals surface area contributed by atoms with E-state index in [1.165, 1.54) is 6.07 Å². The van der Waals surface area contributed by atoms with E-state index in [4.69, 9.17) is 4.74 Å². The highest BCUT2D eigenvalue weighted by molar-refractivity contribution is 5.94. The van der Waals surface area contributed by atoms with Gasteiger partial charge in [0.25, 0.3) is 0 Å². The summed E-state index contributed by atoms with van der Waals surface area (Å²) in [6.07, 6.45) is 2.10. The zero-order valence-electron chi connectivity index (χ0n) is 16.7. The molecule has 2 fully saturated rings. The molecule has 0 radical (unpaired) electrons. The molecule has 1 spiro atoms. The van der Waals surface area contributed by atoms with Crippen molar-refractivity contribution in [2.24, 2.45) is 0 Å². The van der Waals surface area contributed by atoms with Crippen LogP contribution in [-0.2, 0) is 14.9 Å². The molecule has 0 saturated carbocycles. The Kier molecular flexibility index (Phi) is 5.46. The standard InChI is InChI=1S/C21H27F2N3O3/c1-15(27)26-14-21(18-12-16(23)2-3-19(18)26)5-9-24(10-6-21)17-4-8-25(13-17)20(28)29-11-7-22/h2-3,12,17H,4-11,13-14H2,1H3. The molecule has 0 aromatic heterocycles. The summed E-state index contributed by atoms with van der Waals surface area (Å²) >= 11 is 0. The van der Waals surface area contributed by atoms with Crippen LogP contribution in [0.3, 0.4) is 0 Å². The van der Waals surface area contributed by atoms with Crippen LogP contribution in [0.25, 0.3) is 0 Å². The van der Waals surface area contributed by atoms with Crippen molar-refractivity contribution in [3.8, 4) is 0 Å². The lowest BCUT2D eigenvalue weighted by atomic mass is 9.74. The van der Waals surface area contributed by atoms with Gasteiger partial charge in [0.15, 0.2) is 0 Å². The molecule has 3 aliphatic heterocycles. The van der Waals surface area contributed by atoms with Gasteiger partial charge in [-0.05, 0) is 56.1 Å². The number of carbonyl (C=O) groups is 2. The first-order valence-corrected chi connectivity index (χ1v) is 10.2. The van der Waals surface area contributed by atoms with Crippen LogP contribution in [0.2, 0.25) is 0 Å². The molecular formula is C21H27F2N3O3. The van der Waals surface area contributed by atoms with E-state index < -0.39 is 12.8 Å². The van der Waals surface area contributed by atoms with Gasteiger partial charge < -0.3 is 14.5 Å². The van der Waals surface area contributed by atoms with Crippen LogP contribution in [-0.4, -0.2) is 73.8 Å². The van der Waals surface area contributed by atoms with E-state index >= 15 is 0 Å². The Morgan fingerprint density at radius 1 is 1.24 bits per heavy atom. The molecule has 158 valence electrons. The molecule has 1 unspecified atom stereocenters. The highest BCUT2D eigenvalue weighted by Gasteiger charge is 2.47. The average molecular weight is 407 g/mol. The molecule has 0 bridgehead atoms. The van der Waals surface area contributed by atoms with E-state index in [0.717, 1.165) is 43.6 Å². The molecule has 8 heteroatoms. The normalized spacial score (nSPS) is 23.5. The molecular weight excluding hydrogens is 380 g/mol. The van der Waals surface area contributed by atoms with Crippen molar-refractivity contribution < 1.29 is 23.1 Å². The van der Waals surface area contributed by atoms with Gasteiger partial charge in [0, 0.05) is 43.7 Å². The Morgan fingerprint density at radius 2 is 2.00 bits per heavy atom. The quantitative estimate of drug-likeness (QED) is 0.773. The monoisotopic (exact) mass is 407 g/mol. The number of amides is 2. The van der Waals surface area contributed by atoms with Crippen LogP contribution in [0.15, 0.2) is 18.2 Å². The molecule has 2 saturated heterocycles.